The zero-order chi connectivity index (χ0) is 30.0. The van der Waals surface area contributed by atoms with Crippen LogP contribution >= 0.6 is 0 Å². The number of hydrogen-bond donors (Lipinski definition) is 2. The van der Waals surface area contributed by atoms with Gasteiger partial charge in [0.05, 0.1) is 31.5 Å². The van der Waals surface area contributed by atoms with Crippen LogP contribution in [0, 0.1) is 12.7 Å². The molecule has 5 rings (SSSR count). The zero-order valence-electron chi connectivity index (χ0n) is 23.4. The second-order valence-electron chi connectivity index (χ2n) is 10.3. The van der Waals surface area contributed by atoms with E-state index in [1.165, 1.54) is 28.4 Å². The van der Waals surface area contributed by atoms with Gasteiger partial charge in [-0.25, -0.2) is 9.07 Å². The molecule has 2 aromatic heterocycles. The number of rotatable bonds is 10. The fourth-order valence-corrected chi connectivity index (χ4v) is 4.81. The number of aliphatic hydroxyl groups is 2. The van der Waals surface area contributed by atoms with Crippen molar-refractivity contribution in [3.63, 3.8) is 0 Å². The summed E-state index contributed by atoms with van der Waals surface area (Å²) in [5, 5.41) is 20.9. The molecule has 0 aliphatic carbocycles. The van der Waals surface area contributed by atoms with Crippen LogP contribution < -0.4 is 15.0 Å². The summed E-state index contributed by atoms with van der Waals surface area (Å²) in [6.45, 7) is 2.36. The van der Waals surface area contributed by atoms with Crippen molar-refractivity contribution in [3.8, 4) is 22.9 Å². The fourth-order valence-electron chi connectivity index (χ4n) is 4.81. The molecule has 10 heteroatoms. The van der Waals surface area contributed by atoms with Gasteiger partial charge in [-0.05, 0) is 61.9 Å². The third-order valence-electron chi connectivity index (χ3n) is 7.00. The zero-order valence-corrected chi connectivity index (χ0v) is 23.4. The predicted octanol–water partition coefficient (Wildman–Crippen LogP) is 4.60. The first-order valence-corrected chi connectivity index (χ1v) is 13.2. The molecule has 0 bridgehead atoms. The van der Waals surface area contributed by atoms with Crippen LogP contribution in [-0.2, 0) is 13.0 Å². The summed E-state index contributed by atoms with van der Waals surface area (Å²) in [6.07, 6.45) is 1.32. The van der Waals surface area contributed by atoms with Gasteiger partial charge >= 0.3 is 0 Å². The number of carbonyl (C=O) groups is 1. The van der Waals surface area contributed by atoms with Crippen molar-refractivity contribution in [2.24, 2.45) is 0 Å². The van der Waals surface area contributed by atoms with E-state index in [9.17, 15) is 19.8 Å². The van der Waals surface area contributed by atoms with Crippen molar-refractivity contribution in [3.05, 3.63) is 112 Å². The lowest BCUT2D eigenvalue weighted by Gasteiger charge is -2.24. The highest BCUT2D eigenvalue weighted by Gasteiger charge is 2.28. The molecule has 42 heavy (non-hydrogen) atoms. The van der Waals surface area contributed by atoms with E-state index in [4.69, 9.17) is 9.47 Å². The van der Waals surface area contributed by atoms with Gasteiger partial charge in [-0.3, -0.25) is 19.3 Å². The summed E-state index contributed by atoms with van der Waals surface area (Å²) in [7, 11) is 1.56. The van der Waals surface area contributed by atoms with Crippen LogP contribution in [0.25, 0.3) is 16.6 Å². The van der Waals surface area contributed by atoms with Gasteiger partial charge in [0.2, 0.25) is 0 Å². The van der Waals surface area contributed by atoms with E-state index in [-0.39, 0.29) is 24.3 Å². The molecule has 0 saturated carbocycles. The third-order valence-corrected chi connectivity index (χ3v) is 7.00. The fraction of sp³-hybridized carbons (Fsp3) is 0.219. The quantitative estimate of drug-likeness (QED) is 0.235. The molecule has 2 heterocycles. The van der Waals surface area contributed by atoms with Crippen LogP contribution in [-0.4, -0.2) is 49.7 Å². The molecule has 0 saturated heterocycles. The van der Waals surface area contributed by atoms with Crippen molar-refractivity contribution < 1.29 is 28.9 Å². The summed E-state index contributed by atoms with van der Waals surface area (Å²) in [4.78, 5) is 31.3. The molecule has 1 unspecified atom stereocenters. The predicted molar refractivity (Wildman–Crippen MR) is 155 cm³/mol. The van der Waals surface area contributed by atoms with E-state index in [2.05, 4.69) is 4.98 Å². The molecule has 0 radical (unpaired) electrons. The number of hydrogen-bond acceptors (Lipinski definition) is 7. The van der Waals surface area contributed by atoms with Gasteiger partial charge in [0.25, 0.3) is 5.56 Å². The molecule has 0 amide bonds. The van der Waals surface area contributed by atoms with Crippen molar-refractivity contribution >= 4 is 16.7 Å². The standard InChI is InChI=1S/C32H30FN3O6/c1-20-30(31(39)36(22-7-5-4-6-8-22)35(20)18-32(2,40)19-37)27(38)16-21-9-12-29(25(33)15-21)42-28-13-14-34-26-17-23(41-3)10-11-24(26)28/h4-15,17,37,40H,16,18-19H2,1-3H3. The SMILES string of the molecule is COc1ccc2c(Oc3ccc(CC(=O)c4c(C)n(CC(C)(O)CO)n(-c5ccccc5)c4=O)cc3F)ccnc2c1. The molecule has 3 aromatic carbocycles. The van der Waals surface area contributed by atoms with Crippen molar-refractivity contribution in [1.82, 2.24) is 14.3 Å². The summed E-state index contributed by atoms with van der Waals surface area (Å²) < 4.78 is 29.1. The van der Waals surface area contributed by atoms with Gasteiger partial charge in [-0.1, -0.05) is 24.3 Å². The number of para-hydroxylation sites is 1. The number of fused-ring (bicyclic) bond motifs is 1. The smallest absolute Gasteiger partial charge is 0.282 e. The number of ketones is 1. The van der Waals surface area contributed by atoms with Crippen molar-refractivity contribution in [2.45, 2.75) is 32.4 Å². The van der Waals surface area contributed by atoms with Crippen LogP contribution in [0.2, 0.25) is 0 Å². The molecule has 5 aromatic rings. The minimum absolute atomic E-state index is 0.0329. The number of pyridine rings is 1. The van der Waals surface area contributed by atoms with E-state index < -0.39 is 29.4 Å². The molecule has 216 valence electrons. The number of methoxy groups -OCH3 is 1. The molecular formula is C32H30FN3O6. The van der Waals surface area contributed by atoms with Crippen LogP contribution in [0.5, 0.6) is 17.2 Å². The number of halogens is 1. The van der Waals surface area contributed by atoms with E-state index >= 15 is 4.39 Å². The number of aromatic nitrogens is 3. The van der Waals surface area contributed by atoms with Gasteiger partial charge in [0.15, 0.2) is 17.3 Å². The van der Waals surface area contributed by atoms with Gasteiger partial charge in [-0.15, -0.1) is 0 Å². The molecule has 0 spiro atoms. The monoisotopic (exact) mass is 571 g/mol. The van der Waals surface area contributed by atoms with Crippen molar-refractivity contribution in [1.29, 1.82) is 0 Å². The number of carbonyl (C=O) groups excluding carboxylic acids is 1. The van der Waals surface area contributed by atoms with E-state index in [1.54, 1.807) is 80.9 Å². The normalized spacial score (nSPS) is 12.7. The highest BCUT2D eigenvalue weighted by molar-refractivity contribution is 5.98. The Labute approximate surface area is 241 Å². The minimum Gasteiger partial charge on any atom is -0.497 e. The molecule has 9 nitrogen and oxygen atoms in total. The molecule has 2 N–H and O–H groups in total. The molecule has 0 aliphatic heterocycles. The molecule has 0 aliphatic rings. The highest BCUT2D eigenvalue weighted by atomic mass is 19.1. The van der Waals surface area contributed by atoms with Gasteiger partial charge < -0.3 is 19.7 Å². The lowest BCUT2D eigenvalue weighted by atomic mass is 10.0. The lowest BCUT2D eigenvalue weighted by Crippen LogP contribution is -2.37. The van der Waals surface area contributed by atoms with Crippen LogP contribution in [0.15, 0.2) is 83.8 Å². The summed E-state index contributed by atoms with van der Waals surface area (Å²) in [5.74, 6) is -0.176. The summed E-state index contributed by atoms with van der Waals surface area (Å²) in [5.41, 5.74) is -0.394. The maximum absolute atomic E-state index is 15.2. The Kier molecular flexibility index (Phi) is 7.93. The maximum Gasteiger partial charge on any atom is 0.282 e. The first kappa shape index (κ1) is 28.7. The summed E-state index contributed by atoms with van der Waals surface area (Å²) in [6, 6.07) is 19.8. The Morgan fingerprint density at radius 2 is 1.81 bits per heavy atom. The molecular weight excluding hydrogens is 541 g/mol. The van der Waals surface area contributed by atoms with Crippen molar-refractivity contribution in [2.75, 3.05) is 13.7 Å². The third kappa shape index (κ3) is 5.67. The topological polar surface area (TPSA) is 116 Å². The van der Waals surface area contributed by atoms with Crippen LogP contribution in [0.4, 0.5) is 4.39 Å². The number of nitrogens with zero attached hydrogens (tertiary/aromatic N) is 3. The van der Waals surface area contributed by atoms with E-state index in [0.717, 1.165) is 0 Å². The average molecular weight is 572 g/mol. The van der Waals surface area contributed by atoms with Crippen LogP contribution in [0.3, 0.4) is 0 Å². The average Bonchev–Trinajstić information content (AvgIpc) is 3.22. The first-order valence-electron chi connectivity index (χ1n) is 13.2. The van der Waals surface area contributed by atoms with Gasteiger partial charge in [-0.2, -0.15) is 0 Å². The Morgan fingerprint density at radius 1 is 1.05 bits per heavy atom. The lowest BCUT2D eigenvalue weighted by molar-refractivity contribution is -0.0165. The van der Waals surface area contributed by atoms with E-state index in [1.807, 2.05) is 0 Å². The highest BCUT2D eigenvalue weighted by Crippen LogP contribution is 2.32. The number of aliphatic hydroxyl groups excluding tert-OH is 1. The second-order valence-corrected chi connectivity index (χ2v) is 10.3. The number of ether oxygens (including phenoxy) is 2. The molecule has 0 fully saturated rings. The Morgan fingerprint density at radius 3 is 2.50 bits per heavy atom. The van der Waals surface area contributed by atoms with Gasteiger partial charge in [0.1, 0.15) is 22.7 Å². The first-order chi connectivity index (χ1) is 20.1. The largest absolute Gasteiger partial charge is 0.497 e. The Bertz CT molecular complexity index is 1830. The Hall–Kier alpha value is -4.80. The Balaban J connectivity index is 1.44. The molecule has 1 atom stereocenters. The maximum atomic E-state index is 15.2. The number of benzene rings is 3. The van der Waals surface area contributed by atoms with Gasteiger partial charge in [0, 0.05) is 29.8 Å². The second kappa shape index (κ2) is 11.6. The van der Waals surface area contributed by atoms with Crippen LogP contribution in [0.1, 0.15) is 28.5 Å². The summed E-state index contributed by atoms with van der Waals surface area (Å²) >= 11 is 0. The minimum atomic E-state index is -1.54. The number of Topliss-reactive ketones (excluding diaryl/α,β-unsaturated/α-hetero) is 1. The van der Waals surface area contributed by atoms with E-state index in [0.29, 0.717) is 39.3 Å².